The van der Waals surface area contributed by atoms with Gasteiger partial charge in [0.25, 0.3) is 5.91 Å². The fraction of sp³-hybridized carbons (Fsp3) is 0.0714. The Morgan fingerprint density at radius 2 is 1.89 bits per heavy atom. The number of methoxy groups -OCH3 is 1. The molecular formula is C14H14N2O2. The third kappa shape index (κ3) is 2.79. The Morgan fingerprint density at radius 1 is 1.17 bits per heavy atom. The molecule has 0 atom stereocenters. The van der Waals surface area contributed by atoms with E-state index in [0.29, 0.717) is 16.9 Å². The minimum absolute atomic E-state index is 0.188. The predicted octanol–water partition coefficient (Wildman–Crippen LogP) is 2.53. The number of nitrogens with two attached hydrogens (primary N) is 1. The number of nitrogen functional groups attached to an aromatic ring is 1. The van der Waals surface area contributed by atoms with Crippen LogP contribution in [-0.2, 0) is 0 Å². The fourth-order valence-corrected chi connectivity index (χ4v) is 1.56. The third-order valence-electron chi connectivity index (χ3n) is 2.50. The number of rotatable bonds is 3. The number of carbonyl (C=O) groups is 1. The molecule has 18 heavy (non-hydrogen) atoms. The molecule has 4 nitrogen and oxygen atoms in total. The Balaban J connectivity index is 2.11. The fourth-order valence-electron chi connectivity index (χ4n) is 1.56. The van der Waals surface area contributed by atoms with Gasteiger partial charge in [-0.15, -0.1) is 0 Å². The Bertz CT molecular complexity index is 550. The highest BCUT2D eigenvalue weighted by atomic mass is 16.5. The lowest BCUT2D eigenvalue weighted by Gasteiger charge is -2.06. The van der Waals surface area contributed by atoms with Crippen molar-refractivity contribution in [2.24, 2.45) is 0 Å². The van der Waals surface area contributed by atoms with Gasteiger partial charge in [0.1, 0.15) is 5.75 Å². The van der Waals surface area contributed by atoms with Crippen LogP contribution < -0.4 is 15.8 Å². The second-order valence-corrected chi connectivity index (χ2v) is 3.81. The van der Waals surface area contributed by atoms with E-state index in [1.54, 1.807) is 55.6 Å². The molecule has 1 amide bonds. The average molecular weight is 242 g/mol. The van der Waals surface area contributed by atoms with Gasteiger partial charge in [-0.2, -0.15) is 0 Å². The van der Waals surface area contributed by atoms with E-state index < -0.39 is 0 Å². The summed E-state index contributed by atoms with van der Waals surface area (Å²) in [5, 5.41) is 2.79. The van der Waals surface area contributed by atoms with Crippen molar-refractivity contribution in [3.63, 3.8) is 0 Å². The normalized spacial score (nSPS) is 9.83. The standard InChI is InChI=1S/C14H14N2O2/c1-18-13-7-5-12(6-8-13)16-14(17)10-3-2-4-11(15)9-10/h2-9H,15H2,1H3,(H,16,17). The lowest BCUT2D eigenvalue weighted by molar-refractivity contribution is 0.102. The smallest absolute Gasteiger partial charge is 0.255 e. The Hall–Kier alpha value is -2.49. The first-order valence-corrected chi connectivity index (χ1v) is 5.50. The van der Waals surface area contributed by atoms with Gasteiger partial charge in [0.2, 0.25) is 0 Å². The van der Waals surface area contributed by atoms with Crippen LogP contribution >= 0.6 is 0 Å². The van der Waals surface area contributed by atoms with E-state index >= 15 is 0 Å². The summed E-state index contributed by atoms with van der Waals surface area (Å²) in [4.78, 5) is 11.9. The highest BCUT2D eigenvalue weighted by Crippen LogP contribution is 2.16. The van der Waals surface area contributed by atoms with Crippen molar-refractivity contribution in [3.05, 3.63) is 54.1 Å². The van der Waals surface area contributed by atoms with E-state index in [9.17, 15) is 4.79 Å². The summed E-state index contributed by atoms with van der Waals surface area (Å²) in [5.74, 6) is 0.560. The average Bonchev–Trinajstić information content (AvgIpc) is 2.39. The summed E-state index contributed by atoms with van der Waals surface area (Å²) in [6, 6.07) is 14.0. The first kappa shape index (κ1) is 12.0. The van der Waals surface area contributed by atoms with Gasteiger partial charge in [0.05, 0.1) is 7.11 Å². The van der Waals surface area contributed by atoms with Crippen molar-refractivity contribution < 1.29 is 9.53 Å². The van der Waals surface area contributed by atoms with Crippen LogP contribution in [0.25, 0.3) is 0 Å². The highest BCUT2D eigenvalue weighted by molar-refractivity contribution is 6.04. The first-order valence-electron chi connectivity index (χ1n) is 5.50. The van der Waals surface area contributed by atoms with E-state index in [-0.39, 0.29) is 5.91 Å². The summed E-state index contributed by atoms with van der Waals surface area (Å²) in [7, 11) is 1.60. The van der Waals surface area contributed by atoms with Crippen molar-refractivity contribution in [1.82, 2.24) is 0 Å². The maximum absolute atomic E-state index is 11.9. The number of carbonyl (C=O) groups excluding carboxylic acids is 1. The van der Waals surface area contributed by atoms with Crippen LogP contribution in [-0.4, -0.2) is 13.0 Å². The van der Waals surface area contributed by atoms with Gasteiger partial charge in [0.15, 0.2) is 0 Å². The van der Waals surface area contributed by atoms with E-state index in [1.807, 2.05) is 0 Å². The van der Waals surface area contributed by atoms with Crippen LogP contribution in [0.15, 0.2) is 48.5 Å². The lowest BCUT2D eigenvalue weighted by Crippen LogP contribution is -2.11. The van der Waals surface area contributed by atoms with Gasteiger partial charge in [-0.3, -0.25) is 4.79 Å². The van der Waals surface area contributed by atoms with Crippen LogP contribution in [0.3, 0.4) is 0 Å². The monoisotopic (exact) mass is 242 g/mol. The first-order chi connectivity index (χ1) is 8.69. The molecule has 0 aliphatic heterocycles. The van der Waals surface area contributed by atoms with Crippen molar-refractivity contribution in [3.8, 4) is 5.75 Å². The van der Waals surface area contributed by atoms with Crippen LogP contribution in [0, 0.1) is 0 Å². The predicted molar refractivity (Wildman–Crippen MR) is 71.8 cm³/mol. The number of amides is 1. The molecule has 3 N–H and O–H groups in total. The summed E-state index contributed by atoms with van der Waals surface area (Å²) in [6.07, 6.45) is 0. The lowest BCUT2D eigenvalue weighted by atomic mass is 10.2. The van der Waals surface area contributed by atoms with Crippen molar-refractivity contribution >= 4 is 17.3 Å². The summed E-state index contributed by atoms with van der Waals surface area (Å²) < 4.78 is 5.05. The topological polar surface area (TPSA) is 64.3 Å². The summed E-state index contributed by atoms with van der Waals surface area (Å²) >= 11 is 0. The Kier molecular flexibility index (Phi) is 3.48. The van der Waals surface area contributed by atoms with Crippen LogP contribution in [0.2, 0.25) is 0 Å². The number of hydrogen-bond acceptors (Lipinski definition) is 3. The minimum Gasteiger partial charge on any atom is -0.497 e. The Labute approximate surface area is 105 Å². The molecule has 0 radical (unpaired) electrons. The van der Waals surface area contributed by atoms with Crippen molar-refractivity contribution in [1.29, 1.82) is 0 Å². The second kappa shape index (κ2) is 5.23. The zero-order chi connectivity index (χ0) is 13.0. The zero-order valence-electron chi connectivity index (χ0n) is 10.0. The molecule has 0 fully saturated rings. The number of nitrogens with one attached hydrogen (secondary N) is 1. The van der Waals surface area contributed by atoms with Crippen LogP contribution in [0.1, 0.15) is 10.4 Å². The van der Waals surface area contributed by atoms with Crippen LogP contribution in [0.5, 0.6) is 5.75 Å². The van der Waals surface area contributed by atoms with E-state index in [4.69, 9.17) is 10.5 Å². The highest BCUT2D eigenvalue weighted by Gasteiger charge is 2.05. The molecule has 0 saturated carbocycles. The molecule has 0 aliphatic carbocycles. The van der Waals surface area contributed by atoms with Crippen molar-refractivity contribution in [2.75, 3.05) is 18.2 Å². The van der Waals surface area contributed by atoms with Crippen molar-refractivity contribution in [2.45, 2.75) is 0 Å². The maximum Gasteiger partial charge on any atom is 0.255 e. The molecule has 2 aromatic rings. The molecule has 0 heterocycles. The summed E-state index contributed by atoms with van der Waals surface area (Å²) in [5.41, 5.74) is 7.44. The maximum atomic E-state index is 11.9. The summed E-state index contributed by atoms with van der Waals surface area (Å²) in [6.45, 7) is 0. The van der Waals surface area contributed by atoms with E-state index in [1.165, 1.54) is 0 Å². The van der Waals surface area contributed by atoms with Crippen LogP contribution in [0.4, 0.5) is 11.4 Å². The molecule has 4 heteroatoms. The number of hydrogen-bond donors (Lipinski definition) is 2. The SMILES string of the molecule is COc1ccc(NC(=O)c2cccc(N)c2)cc1. The van der Waals surface area contributed by atoms with E-state index in [0.717, 1.165) is 5.75 Å². The van der Waals surface area contributed by atoms with Gasteiger partial charge in [-0.1, -0.05) is 6.07 Å². The minimum atomic E-state index is -0.188. The number of benzene rings is 2. The van der Waals surface area contributed by atoms with Gasteiger partial charge < -0.3 is 15.8 Å². The molecule has 0 bridgehead atoms. The number of anilines is 2. The van der Waals surface area contributed by atoms with Gasteiger partial charge in [0, 0.05) is 16.9 Å². The molecule has 0 unspecified atom stereocenters. The number of ether oxygens (including phenoxy) is 1. The molecule has 2 rings (SSSR count). The van der Waals surface area contributed by atoms with E-state index in [2.05, 4.69) is 5.32 Å². The zero-order valence-corrected chi connectivity index (χ0v) is 10.0. The molecular weight excluding hydrogens is 228 g/mol. The molecule has 0 saturated heterocycles. The quantitative estimate of drug-likeness (QED) is 0.813. The Morgan fingerprint density at radius 3 is 2.50 bits per heavy atom. The van der Waals surface area contributed by atoms with Gasteiger partial charge >= 0.3 is 0 Å². The third-order valence-corrected chi connectivity index (χ3v) is 2.50. The molecule has 2 aromatic carbocycles. The molecule has 0 aromatic heterocycles. The largest absolute Gasteiger partial charge is 0.497 e. The molecule has 0 aliphatic rings. The van der Waals surface area contributed by atoms with Gasteiger partial charge in [-0.05, 0) is 42.5 Å². The molecule has 92 valence electrons. The second-order valence-electron chi connectivity index (χ2n) is 3.81. The van der Waals surface area contributed by atoms with Gasteiger partial charge in [-0.25, -0.2) is 0 Å². The molecule has 0 spiro atoms.